The number of rotatable bonds is 4. The summed E-state index contributed by atoms with van der Waals surface area (Å²) in [5.74, 6) is 0.861. The highest BCUT2D eigenvalue weighted by Gasteiger charge is 2.49. The van der Waals surface area contributed by atoms with Crippen molar-refractivity contribution < 1.29 is 0 Å². The van der Waals surface area contributed by atoms with Gasteiger partial charge in [-0.25, -0.2) is 0 Å². The first-order chi connectivity index (χ1) is 9.84. The highest BCUT2D eigenvalue weighted by atomic mass is 15.3. The molecule has 2 aliphatic rings. The molecule has 1 unspecified atom stereocenters. The summed E-state index contributed by atoms with van der Waals surface area (Å²) in [7, 11) is 0. The Morgan fingerprint density at radius 2 is 2.05 bits per heavy atom. The molecule has 0 amide bonds. The molecule has 1 aliphatic heterocycles. The van der Waals surface area contributed by atoms with Crippen molar-refractivity contribution in [2.24, 2.45) is 5.92 Å². The Morgan fingerprint density at radius 1 is 1.33 bits per heavy atom. The zero-order chi connectivity index (χ0) is 15.3. The van der Waals surface area contributed by atoms with E-state index in [4.69, 9.17) is 0 Å². The van der Waals surface area contributed by atoms with Crippen molar-refractivity contribution in [1.82, 2.24) is 20.0 Å². The number of aromatic nitrogens is 2. The first-order valence-corrected chi connectivity index (χ1v) is 8.37. The maximum atomic E-state index is 4.61. The van der Waals surface area contributed by atoms with Crippen molar-refractivity contribution in [1.29, 1.82) is 0 Å². The van der Waals surface area contributed by atoms with Gasteiger partial charge in [-0.2, -0.15) is 5.10 Å². The van der Waals surface area contributed by atoms with E-state index in [0.29, 0.717) is 5.54 Å². The van der Waals surface area contributed by atoms with E-state index in [1.807, 2.05) is 0 Å². The Labute approximate surface area is 128 Å². The molecule has 0 spiro atoms. The second-order valence-corrected chi connectivity index (χ2v) is 7.82. The number of hydrogen-bond acceptors (Lipinski definition) is 3. The Hall–Kier alpha value is -0.870. The number of piperazine rings is 1. The van der Waals surface area contributed by atoms with E-state index in [2.05, 4.69) is 60.7 Å². The minimum absolute atomic E-state index is 0.195. The van der Waals surface area contributed by atoms with E-state index in [1.165, 1.54) is 18.5 Å². The third-order valence-corrected chi connectivity index (χ3v) is 5.33. The van der Waals surface area contributed by atoms with E-state index < -0.39 is 0 Å². The summed E-state index contributed by atoms with van der Waals surface area (Å²) in [4.78, 5) is 2.71. The Morgan fingerprint density at radius 3 is 2.67 bits per heavy atom. The molecule has 3 rings (SSSR count). The Kier molecular flexibility index (Phi) is 3.65. The number of hydrogen-bond donors (Lipinski definition) is 1. The molecule has 1 N–H and O–H groups in total. The van der Waals surface area contributed by atoms with Crippen molar-refractivity contribution >= 4 is 0 Å². The van der Waals surface area contributed by atoms with Crippen LogP contribution in [0.5, 0.6) is 0 Å². The first kappa shape index (κ1) is 15.0. The van der Waals surface area contributed by atoms with Gasteiger partial charge in [0, 0.05) is 37.3 Å². The normalized spacial score (nSPS) is 29.8. The molecule has 1 aliphatic carbocycles. The van der Waals surface area contributed by atoms with Crippen LogP contribution in [0.2, 0.25) is 0 Å². The molecule has 4 heteroatoms. The second kappa shape index (κ2) is 5.10. The summed E-state index contributed by atoms with van der Waals surface area (Å²) in [6.45, 7) is 15.5. The van der Waals surface area contributed by atoms with Crippen LogP contribution in [0.4, 0.5) is 0 Å². The summed E-state index contributed by atoms with van der Waals surface area (Å²) in [5.41, 5.74) is 2.99. The van der Waals surface area contributed by atoms with Crippen LogP contribution in [0.15, 0.2) is 6.07 Å². The largest absolute Gasteiger partial charge is 0.309 e. The molecular formula is C17H30N4. The van der Waals surface area contributed by atoms with Gasteiger partial charge in [-0.15, -0.1) is 0 Å². The average molecular weight is 290 g/mol. The van der Waals surface area contributed by atoms with Crippen LogP contribution in [-0.4, -0.2) is 38.8 Å². The monoisotopic (exact) mass is 290 g/mol. The van der Waals surface area contributed by atoms with E-state index in [1.54, 1.807) is 0 Å². The zero-order valence-electron chi connectivity index (χ0n) is 14.2. The topological polar surface area (TPSA) is 33.1 Å². The highest BCUT2D eigenvalue weighted by molar-refractivity contribution is 5.13. The molecule has 4 nitrogen and oxygen atoms in total. The smallest absolute Gasteiger partial charge is 0.0597 e. The van der Waals surface area contributed by atoms with Crippen LogP contribution in [0.1, 0.15) is 51.9 Å². The van der Waals surface area contributed by atoms with Crippen LogP contribution in [-0.2, 0) is 13.1 Å². The fraction of sp³-hybridized carbons (Fsp3) is 0.824. The summed E-state index contributed by atoms with van der Waals surface area (Å²) in [5, 5.41) is 8.37. The molecule has 2 fully saturated rings. The summed E-state index contributed by atoms with van der Waals surface area (Å²) < 4.78 is 2.16. The van der Waals surface area contributed by atoms with Gasteiger partial charge in [-0.1, -0.05) is 0 Å². The molecule has 1 saturated carbocycles. The molecule has 1 atom stereocenters. The van der Waals surface area contributed by atoms with Crippen molar-refractivity contribution in [2.75, 3.05) is 13.1 Å². The fourth-order valence-electron chi connectivity index (χ4n) is 3.78. The van der Waals surface area contributed by atoms with Crippen LogP contribution >= 0.6 is 0 Å². The van der Waals surface area contributed by atoms with Gasteiger partial charge in [0.05, 0.1) is 11.4 Å². The molecule has 2 heterocycles. The predicted molar refractivity (Wildman–Crippen MR) is 86.3 cm³/mol. The van der Waals surface area contributed by atoms with Crippen LogP contribution in [0, 0.1) is 12.8 Å². The SMILES string of the molecule is CCn1nc(C)cc1CN1CC(C)(C)NCC1(C)C1CC1. The van der Waals surface area contributed by atoms with Crippen LogP contribution < -0.4 is 5.32 Å². The van der Waals surface area contributed by atoms with Gasteiger partial charge in [0.1, 0.15) is 0 Å². The van der Waals surface area contributed by atoms with Gasteiger partial charge in [-0.05, 0) is 59.4 Å². The van der Waals surface area contributed by atoms with Crippen molar-refractivity contribution in [3.63, 3.8) is 0 Å². The van der Waals surface area contributed by atoms with Crippen molar-refractivity contribution in [2.45, 2.75) is 71.6 Å². The van der Waals surface area contributed by atoms with Gasteiger partial charge >= 0.3 is 0 Å². The lowest BCUT2D eigenvalue weighted by molar-refractivity contribution is 0.00340. The van der Waals surface area contributed by atoms with Gasteiger partial charge in [0.15, 0.2) is 0 Å². The molecule has 0 aromatic carbocycles. The molecule has 21 heavy (non-hydrogen) atoms. The first-order valence-electron chi connectivity index (χ1n) is 8.37. The Bertz CT molecular complexity index is 515. The Balaban J connectivity index is 1.85. The standard InChI is InChI=1S/C17H30N4/c1-6-21-15(9-13(2)19-21)10-20-12-16(3,4)18-11-17(20,5)14-7-8-14/h9,14,18H,6-8,10-12H2,1-5H3. The molecule has 118 valence electrons. The van der Waals surface area contributed by atoms with Gasteiger partial charge in [0.2, 0.25) is 0 Å². The quantitative estimate of drug-likeness (QED) is 0.925. The summed E-state index contributed by atoms with van der Waals surface area (Å²) >= 11 is 0. The fourth-order valence-corrected chi connectivity index (χ4v) is 3.78. The second-order valence-electron chi connectivity index (χ2n) is 7.82. The third-order valence-electron chi connectivity index (χ3n) is 5.33. The lowest BCUT2D eigenvalue weighted by Crippen LogP contribution is -2.67. The molecule has 0 bridgehead atoms. The maximum absolute atomic E-state index is 4.61. The number of nitrogens with one attached hydrogen (secondary N) is 1. The maximum Gasteiger partial charge on any atom is 0.0597 e. The van der Waals surface area contributed by atoms with Gasteiger partial charge in [-0.3, -0.25) is 9.58 Å². The highest BCUT2D eigenvalue weighted by Crippen LogP contribution is 2.45. The third kappa shape index (κ3) is 2.88. The lowest BCUT2D eigenvalue weighted by Gasteiger charge is -2.51. The van der Waals surface area contributed by atoms with Gasteiger partial charge in [0.25, 0.3) is 0 Å². The van der Waals surface area contributed by atoms with E-state index in [0.717, 1.165) is 37.8 Å². The van der Waals surface area contributed by atoms with E-state index in [9.17, 15) is 0 Å². The molecular weight excluding hydrogens is 260 g/mol. The lowest BCUT2D eigenvalue weighted by atomic mass is 9.86. The van der Waals surface area contributed by atoms with Crippen molar-refractivity contribution in [3.05, 3.63) is 17.5 Å². The minimum Gasteiger partial charge on any atom is -0.309 e. The summed E-state index contributed by atoms with van der Waals surface area (Å²) in [6, 6.07) is 2.26. The minimum atomic E-state index is 0.195. The summed E-state index contributed by atoms with van der Waals surface area (Å²) in [6.07, 6.45) is 2.78. The number of aryl methyl sites for hydroxylation is 2. The van der Waals surface area contributed by atoms with Crippen LogP contribution in [0.3, 0.4) is 0 Å². The molecule has 1 aromatic heterocycles. The average Bonchev–Trinajstić information content (AvgIpc) is 3.19. The molecule has 1 aromatic rings. The van der Waals surface area contributed by atoms with E-state index >= 15 is 0 Å². The van der Waals surface area contributed by atoms with Crippen molar-refractivity contribution in [3.8, 4) is 0 Å². The predicted octanol–water partition coefficient (Wildman–Crippen LogP) is 2.56. The molecule has 1 saturated heterocycles. The van der Waals surface area contributed by atoms with Gasteiger partial charge < -0.3 is 5.32 Å². The molecule has 0 radical (unpaired) electrons. The van der Waals surface area contributed by atoms with Crippen LogP contribution in [0.25, 0.3) is 0 Å². The van der Waals surface area contributed by atoms with E-state index in [-0.39, 0.29) is 5.54 Å². The zero-order valence-corrected chi connectivity index (χ0v) is 14.2. The number of nitrogens with zero attached hydrogens (tertiary/aromatic N) is 3.